The Hall–Kier alpha value is -1.95. The summed E-state index contributed by atoms with van der Waals surface area (Å²) in [7, 11) is 0. The summed E-state index contributed by atoms with van der Waals surface area (Å²) in [5.41, 5.74) is 1.15. The van der Waals surface area contributed by atoms with E-state index in [-0.39, 0.29) is 18.0 Å². The van der Waals surface area contributed by atoms with E-state index in [1.165, 1.54) is 23.5 Å². The highest BCUT2D eigenvalue weighted by Gasteiger charge is 2.32. The monoisotopic (exact) mass is 543 g/mol. The molecular formula is C20H23FIN5O2S. The van der Waals surface area contributed by atoms with Crippen LogP contribution in [0.3, 0.4) is 0 Å². The van der Waals surface area contributed by atoms with Crippen LogP contribution < -0.4 is 4.90 Å². The number of carbonyl (C=O) groups is 1. The molecule has 1 amide bonds. The third-order valence-electron chi connectivity index (χ3n) is 4.78. The second kappa shape index (κ2) is 7.95. The summed E-state index contributed by atoms with van der Waals surface area (Å²) in [6, 6.07) is 6.33. The number of anilines is 1. The van der Waals surface area contributed by atoms with E-state index >= 15 is 0 Å². The average Bonchev–Trinajstić information content (AvgIpc) is 3.20. The van der Waals surface area contributed by atoms with Crippen LogP contribution in [0.25, 0.3) is 16.2 Å². The molecule has 0 unspecified atom stereocenters. The fourth-order valence-electron chi connectivity index (χ4n) is 3.36. The zero-order chi connectivity index (χ0) is 21.6. The molecule has 30 heavy (non-hydrogen) atoms. The van der Waals surface area contributed by atoms with Crippen LogP contribution in [0.4, 0.5) is 14.3 Å². The molecule has 1 atom stereocenters. The van der Waals surface area contributed by atoms with Crippen molar-refractivity contribution in [2.45, 2.75) is 39.3 Å². The lowest BCUT2D eigenvalue weighted by Crippen LogP contribution is -2.55. The van der Waals surface area contributed by atoms with Crippen LogP contribution in [-0.2, 0) is 4.74 Å². The van der Waals surface area contributed by atoms with Gasteiger partial charge in [0.2, 0.25) is 10.1 Å². The number of amides is 1. The molecule has 0 saturated carbocycles. The minimum absolute atomic E-state index is 0.0127. The van der Waals surface area contributed by atoms with Gasteiger partial charge >= 0.3 is 6.09 Å². The molecule has 1 saturated heterocycles. The standard InChI is InChI=1S/C20H23FIN5O2S/c1-12-11-25(9-10-26(12)19(28)29-20(2,3)4)18-24-27-16(22)15(23-17(27)30-18)13-5-7-14(21)8-6-13/h5-8,12H,9-11H2,1-4H3/t12-/m1/s1. The number of rotatable bonds is 2. The van der Waals surface area contributed by atoms with Crippen LogP contribution >= 0.6 is 33.9 Å². The number of benzene rings is 1. The Balaban J connectivity index is 1.51. The number of piperazine rings is 1. The molecule has 0 radical (unpaired) electrons. The van der Waals surface area contributed by atoms with Crippen LogP contribution in [0.15, 0.2) is 24.3 Å². The van der Waals surface area contributed by atoms with Crippen molar-refractivity contribution in [2.75, 3.05) is 24.5 Å². The molecule has 7 nitrogen and oxygen atoms in total. The molecule has 0 aliphatic carbocycles. The van der Waals surface area contributed by atoms with E-state index < -0.39 is 5.60 Å². The Morgan fingerprint density at radius 1 is 1.27 bits per heavy atom. The lowest BCUT2D eigenvalue weighted by molar-refractivity contribution is 0.0159. The Morgan fingerprint density at radius 3 is 2.57 bits per heavy atom. The summed E-state index contributed by atoms with van der Waals surface area (Å²) < 4.78 is 21.4. The number of hydrogen-bond donors (Lipinski definition) is 0. The molecule has 0 N–H and O–H groups in total. The molecule has 3 heterocycles. The lowest BCUT2D eigenvalue weighted by atomic mass is 10.2. The number of halogens is 2. The average molecular weight is 543 g/mol. The number of hydrogen-bond acceptors (Lipinski definition) is 6. The Kier molecular flexibility index (Phi) is 5.64. The van der Waals surface area contributed by atoms with Gasteiger partial charge in [0, 0.05) is 31.2 Å². The Labute approximate surface area is 192 Å². The fraction of sp³-hybridized carbons (Fsp3) is 0.450. The number of nitrogens with zero attached hydrogens (tertiary/aromatic N) is 5. The Bertz CT molecular complexity index is 1080. The molecule has 1 aromatic carbocycles. The highest BCUT2D eigenvalue weighted by molar-refractivity contribution is 14.1. The molecule has 2 aromatic heterocycles. The quantitative estimate of drug-likeness (QED) is 0.441. The molecular weight excluding hydrogens is 520 g/mol. The van der Waals surface area contributed by atoms with Crippen molar-refractivity contribution < 1.29 is 13.9 Å². The van der Waals surface area contributed by atoms with Gasteiger partial charge in [0.15, 0.2) is 0 Å². The Morgan fingerprint density at radius 2 is 1.97 bits per heavy atom. The first-order valence-corrected chi connectivity index (χ1v) is 11.6. The van der Waals surface area contributed by atoms with E-state index in [2.05, 4.69) is 27.5 Å². The van der Waals surface area contributed by atoms with Crippen molar-refractivity contribution in [1.29, 1.82) is 0 Å². The molecule has 0 bridgehead atoms. The fourth-order valence-corrected chi connectivity index (χ4v) is 5.22. The van der Waals surface area contributed by atoms with E-state index in [1.54, 1.807) is 17.0 Å². The minimum Gasteiger partial charge on any atom is -0.444 e. The summed E-state index contributed by atoms with van der Waals surface area (Å²) >= 11 is 3.73. The van der Waals surface area contributed by atoms with Crippen molar-refractivity contribution in [3.8, 4) is 11.3 Å². The summed E-state index contributed by atoms with van der Waals surface area (Å²) in [5.74, 6) is -0.269. The van der Waals surface area contributed by atoms with Crippen LogP contribution in [0, 0.1) is 9.52 Å². The van der Waals surface area contributed by atoms with Crippen molar-refractivity contribution in [1.82, 2.24) is 19.5 Å². The summed E-state index contributed by atoms with van der Waals surface area (Å²) in [5, 5.41) is 5.62. The van der Waals surface area contributed by atoms with Crippen LogP contribution in [0.5, 0.6) is 0 Å². The largest absolute Gasteiger partial charge is 0.444 e. The normalized spacial score (nSPS) is 17.6. The molecule has 4 rings (SSSR count). The molecule has 1 aliphatic heterocycles. The van der Waals surface area contributed by atoms with Gasteiger partial charge in [0.25, 0.3) is 0 Å². The van der Waals surface area contributed by atoms with E-state index in [1.807, 2.05) is 32.2 Å². The van der Waals surface area contributed by atoms with E-state index in [9.17, 15) is 9.18 Å². The lowest BCUT2D eigenvalue weighted by Gasteiger charge is -2.39. The number of carbonyl (C=O) groups excluding carboxylic acids is 1. The van der Waals surface area contributed by atoms with Gasteiger partial charge in [-0.1, -0.05) is 11.3 Å². The first kappa shape index (κ1) is 21.3. The van der Waals surface area contributed by atoms with Gasteiger partial charge < -0.3 is 14.5 Å². The molecule has 0 spiro atoms. The molecule has 1 aliphatic rings. The maximum absolute atomic E-state index is 13.2. The van der Waals surface area contributed by atoms with Crippen LogP contribution in [0.1, 0.15) is 27.7 Å². The number of aromatic nitrogens is 3. The second-order valence-electron chi connectivity index (χ2n) is 8.31. The summed E-state index contributed by atoms with van der Waals surface area (Å²) in [6.07, 6.45) is -0.276. The van der Waals surface area contributed by atoms with Crippen molar-refractivity contribution in [2.24, 2.45) is 0 Å². The summed E-state index contributed by atoms with van der Waals surface area (Å²) in [4.78, 5) is 21.9. The van der Waals surface area contributed by atoms with Crippen molar-refractivity contribution in [3.63, 3.8) is 0 Å². The van der Waals surface area contributed by atoms with Crippen molar-refractivity contribution >= 4 is 50.1 Å². The molecule has 160 valence electrons. The maximum atomic E-state index is 13.2. The smallest absolute Gasteiger partial charge is 0.410 e. The number of imidazole rings is 1. The third-order valence-corrected chi connectivity index (χ3v) is 6.72. The first-order valence-electron chi connectivity index (χ1n) is 9.68. The molecule has 1 fully saturated rings. The van der Waals surface area contributed by atoms with Crippen LogP contribution in [-0.4, -0.2) is 56.9 Å². The number of fused-ring (bicyclic) bond motifs is 1. The second-order valence-corrected chi connectivity index (χ2v) is 10.3. The zero-order valence-corrected chi connectivity index (χ0v) is 20.2. The predicted octanol–water partition coefficient (Wildman–Crippen LogP) is 4.65. The number of ether oxygens (including phenoxy) is 1. The van der Waals surface area contributed by atoms with Gasteiger partial charge in [-0.3, -0.25) is 0 Å². The van der Waals surface area contributed by atoms with Gasteiger partial charge in [-0.25, -0.2) is 14.2 Å². The molecule has 10 heteroatoms. The van der Waals surface area contributed by atoms with Crippen molar-refractivity contribution in [3.05, 3.63) is 33.8 Å². The van der Waals surface area contributed by atoms with E-state index in [4.69, 9.17) is 14.8 Å². The van der Waals surface area contributed by atoms with Gasteiger partial charge in [-0.15, -0.1) is 5.10 Å². The highest BCUT2D eigenvalue weighted by Crippen LogP contribution is 2.32. The summed E-state index contributed by atoms with van der Waals surface area (Å²) in [6.45, 7) is 9.58. The first-order chi connectivity index (χ1) is 14.1. The van der Waals surface area contributed by atoms with Gasteiger partial charge in [0.05, 0.1) is 0 Å². The minimum atomic E-state index is -0.507. The van der Waals surface area contributed by atoms with E-state index in [0.29, 0.717) is 19.6 Å². The predicted molar refractivity (Wildman–Crippen MR) is 124 cm³/mol. The zero-order valence-electron chi connectivity index (χ0n) is 17.2. The highest BCUT2D eigenvalue weighted by atomic mass is 127. The van der Waals surface area contributed by atoms with Gasteiger partial charge in [-0.05, 0) is 74.6 Å². The van der Waals surface area contributed by atoms with Gasteiger partial charge in [0.1, 0.15) is 20.8 Å². The topological polar surface area (TPSA) is 63.0 Å². The van der Waals surface area contributed by atoms with Crippen LogP contribution in [0.2, 0.25) is 0 Å². The van der Waals surface area contributed by atoms with Gasteiger partial charge in [-0.2, -0.15) is 4.52 Å². The maximum Gasteiger partial charge on any atom is 0.410 e. The third kappa shape index (κ3) is 4.25. The van der Waals surface area contributed by atoms with E-state index in [0.717, 1.165) is 25.1 Å². The molecule has 3 aromatic rings. The SMILES string of the molecule is C[C@@H]1CN(c2nn3c(I)c(-c4ccc(F)cc4)nc3s2)CCN1C(=O)OC(C)(C)C.